The van der Waals surface area contributed by atoms with E-state index in [1.807, 2.05) is 19.1 Å². The van der Waals surface area contributed by atoms with Gasteiger partial charge in [0.1, 0.15) is 12.0 Å². The minimum absolute atomic E-state index is 0.140. The molecule has 2 N–H and O–H groups in total. The standard InChI is InChI=1S/C20H18F2N10OS/c1-10-4-5-15(34-10)14-7-23-17-13(32-19(20(3,21)22)28-29-30-32)6-12(8-31(14)17)18(33)26-11(2)16-24-9-25-27-16/h4-9,11H,1-3H3,(H,26,33)(H,24,25,27)/t11-/m0/s1. The first-order valence-electron chi connectivity index (χ1n) is 10.1. The summed E-state index contributed by atoms with van der Waals surface area (Å²) in [5.74, 6) is -3.97. The molecule has 0 fully saturated rings. The number of hydrogen-bond donors (Lipinski definition) is 2. The third-order valence-electron chi connectivity index (χ3n) is 5.13. The number of alkyl halides is 2. The number of aryl methyl sites for hydroxylation is 1. The molecule has 0 aliphatic carbocycles. The van der Waals surface area contributed by atoms with Gasteiger partial charge >= 0.3 is 5.92 Å². The van der Waals surface area contributed by atoms with Crippen LogP contribution in [0.1, 0.15) is 46.8 Å². The van der Waals surface area contributed by atoms with E-state index >= 15 is 0 Å². The third-order valence-corrected chi connectivity index (χ3v) is 6.15. The fourth-order valence-corrected chi connectivity index (χ4v) is 4.38. The predicted molar refractivity (Wildman–Crippen MR) is 118 cm³/mol. The molecule has 0 saturated carbocycles. The SMILES string of the molecule is Cc1ccc(-c2cnc3c(-n4nnnc4C(C)(F)F)cc(C(=O)N[C@@H](C)c4nnc[nH]4)cn23)s1. The fourth-order valence-electron chi connectivity index (χ4n) is 3.50. The average molecular weight is 484 g/mol. The van der Waals surface area contributed by atoms with Crippen molar-refractivity contribution < 1.29 is 13.6 Å². The van der Waals surface area contributed by atoms with Gasteiger partial charge in [0, 0.05) is 18.0 Å². The number of thiophene rings is 1. The Bertz CT molecular complexity index is 1480. The van der Waals surface area contributed by atoms with Crippen molar-refractivity contribution in [2.45, 2.75) is 32.7 Å². The highest BCUT2D eigenvalue weighted by atomic mass is 32.1. The van der Waals surface area contributed by atoms with Crippen molar-refractivity contribution in [3.05, 3.63) is 59.0 Å². The van der Waals surface area contributed by atoms with Gasteiger partial charge in [-0.25, -0.2) is 4.98 Å². The number of nitrogens with zero attached hydrogens (tertiary/aromatic N) is 8. The molecule has 34 heavy (non-hydrogen) atoms. The number of hydrogen-bond acceptors (Lipinski definition) is 8. The van der Waals surface area contributed by atoms with Crippen LogP contribution in [-0.2, 0) is 5.92 Å². The zero-order valence-corrected chi connectivity index (χ0v) is 19.0. The molecule has 0 bridgehead atoms. The van der Waals surface area contributed by atoms with Crippen LogP contribution >= 0.6 is 11.3 Å². The van der Waals surface area contributed by atoms with Crippen LogP contribution in [0.15, 0.2) is 36.9 Å². The minimum atomic E-state index is -3.32. The molecule has 1 atom stereocenters. The summed E-state index contributed by atoms with van der Waals surface area (Å²) in [4.78, 5) is 22.4. The Hall–Kier alpha value is -4.07. The van der Waals surface area contributed by atoms with Gasteiger partial charge in [-0.05, 0) is 42.5 Å². The molecule has 5 heterocycles. The van der Waals surface area contributed by atoms with E-state index in [9.17, 15) is 13.6 Å². The Kier molecular flexibility index (Phi) is 5.16. The van der Waals surface area contributed by atoms with Crippen LogP contribution < -0.4 is 5.32 Å². The summed E-state index contributed by atoms with van der Waals surface area (Å²) in [6, 6.07) is 4.86. The number of halogens is 2. The van der Waals surface area contributed by atoms with Crippen molar-refractivity contribution in [1.82, 2.24) is 50.1 Å². The van der Waals surface area contributed by atoms with Crippen molar-refractivity contribution in [2.24, 2.45) is 0 Å². The first-order valence-corrected chi connectivity index (χ1v) is 11.0. The molecule has 5 rings (SSSR count). The predicted octanol–water partition coefficient (Wildman–Crippen LogP) is 3.07. The first-order chi connectivity index (χ1) is 16.2. The van der Waals surface area contributed by atoms with Crippen molar-refractivity contribution in [2.75, 3.05) is 0 Å². The Balaban J connectivity index is 1.67. The molecule has 1 amide bonds. The quantitative estimate of drug-likeness (QED) is 0.379. The number of aromatic amines is 1. The molecule has 0 aromatic carbocycles. The smallest absolute Gasteiger partial charge is 0.305 e. The molecule has 14 heteroatoms. The summed E-state index contributed by atoms with van der Waals surface area (Å²) in [5, 5.41) is 21.1. The lowest BCUT2D eigenvalue weighted by atomic mass is 10.2. The van der Waals surface area contributed by atoms with E-state index in [1.54, 1.807) is 35.1 Å². The molecule has 0 aliphatic rings. The highest BCUT2D eigenvalue weighted by Crippen LogP contribution is 2.32. The molecule has 11 nitrogen and oxygen atoms in total. The second kappa shape index (κ2) is 8.06. The van der Waals surface area contributed by atoms with Gasteiger partial charge in [-0.3, -0.25) is 9.20 Å². The van der Waals surface area contributed by atoms with Crippen molar-refractivity contribution in [3.8, 4) is 16.3 Å². The second-order valence-corrected chi connectivity index (χ2v) is 9.02. The lowest BCUT2D eigenvalue weighted by Gasteiger charge is -2.14. The number of fused-ring (bicyclic) bond motifs is 1. The van der Waals surface area contributed by atoms with Crippen LogP contribution in [-0.4, -0.2) is 50.7 Å². The van der Waals surface area contributed by atoms with Crippen LogP contribution in [0, 0.1) is 6.92 Å². The van der Waals surface area contributed by atoms with Gasteiger partial charge in [-0.2, -0.15) is 13.5 Å². The number of carbonyl (C=O) groups excluding carboxylic acids is 1. The largest absolute Gasteiger partial charge is 0.342 e. The van der Waals surface area contributed by atoms with Gasteiger partial charge in [0.25, 0.3) is 5.91 Å². The highest BCUT2D eigenvalue weighted by Gasteiger charge is 2.33. The van der Waals surface area contributed by atoms with Gasteiger partial charge in [-0.1, -0.05) is 0 Å². The lowest BCUT2D eigenvalue weighted by Crippen LogP contribution is -2.28. The van der Waals surface area contributed by atoms with E-state index in [-0.39, 0.29) is 11.3 Å². The van der Waals surface area contributed by atoms with E-state index in [1.165, 1.54) is 12.4 Å². The van der Waals surface area contributed by atoms with Crippen LogP contribution in [0.25, 0.3) is 21.9 Å². The number of nitrogens with one attached hydrogen (secondary N) is 2. The second-order valence-electron chi connectivity index (χ2n) is 7.73. The first kappa shape index (κ1) is 21.8. The van der Waals surface area contributed by atoms with E-state index in [0.29, 0.717) is 24.1 Å². The molecule has 0 aliphatic heterocycles. The van der Waals surface area contributed by atoms with Crippen LogP contribution in [0.2, 0.25) is 0 Å². The Labute approximate surface area is 194 Å². The summed E-state index contributed by atoms with van der Waals surface area (Å²) < 4.78 is 31.0. The molecule has 0 radical (unpaired) electrons. The van der Waals surface area contributed by atoms with E-state index in [2.05, 4.69) is 41.0 Å². The molecular formula is C20H18F2N10OS. The Morgan fingerprint density at radius 1 is 1.29 bits per heavy atom. The molecule has 0 unspecified atom stereocenters. The summed E-state index contributed by atoms with van der Waals surface area (Å²) in [7, 11) is 0. The Morgan fingerprint density at radius 2 is 2.12 bits per heavy atom. The zero-order valence-electron chi connectivity index (χ0n) is 18.2. The summed E-state index contributed by atoms with van der Waals surface area (Å²) in [5.41, 5.74) is 1.35. The number of H-pyrrole nitrogens is 1. The summed E-state index contributed by atoms with van der Waals surface area (Å²) in [6.45, 7) is 4.42. The van der Waals surface area contributed by atoms with Crippen LogP contribution in [0.4, 0.5) is 8.78 Å². The molecule has 0 saturated heterocycles. The van der Waals surface area contributed by atoms with Crippen LogP contribution in [0.5, 0.6) is 0 Å². The number of pyridine rings is 1. The number of imidazole rings is 1. The maximum Gasteiger partial charge on any atom is 0.305 e. The van der Waals surface area contributed by atoms with E-state index in [0.717, 1.165) is 14.4 Å². The average Bonchev–Trinajstić information content (AvgIpc) is 3.58. The van der Waals surface area contributed by atoms with E-state index < -0.39 is 23.7 Å². The Morgan fingerprint density at radius 3 is 2.79 bits per heavy atom. The highest BCUT2D eigenvalue weighted by molar-refractivity contribution is 7.15. The number of tetrazole rings is 1. The third kappa shape index (κ3) is 3.81. The fraction of sp³-hybridized carbons (Fsp3) is 0.250. The monoisotopic (exact) mass is 484 g/mol. The van der Waals surface area contributed by atoms with Gasteiger partial charge in [0.05, 0.1) is 28.4 Å². The number of aromatic nitrogens is 9. The topological polar surface area (TPSA) is 132 Å². The van der Waals surface area contributed by atoms with Gasteiger partial charge in [0.15, 0.2) is 11.5 Å². The van der Waals surface area contributed by atoms with Gasteiger partial charge < -0.3 is 10.3 Å². The maximum absolute atomic E-state index is 14.2. The van der Waals surface area contributed by atoms with Gasteiger partial charge in [-0.15, -0.1) is 26.6 Å². The van der Waals surface area contributed by atoms with Crippen molar-refractivity contribution in [3.63, 3.8) is 0 Å². The molecule has 5 aromatic rings. The molecule has 174 valence electrons. The van der Waals surface area contributed by atoms with Gasteiger partial charge in [0.2, 0.25) is 5.82 Å². The normalized spacial score (nSPS) is 12.9. The summed E-state index contributed by atoms with van der Waals surface area (Å²) in [6.07, 6.45) is 4.64. The number of amides is 1. The number of carbonyl (C=O) groups is 1. The zero-order chi connectivity index (χ0) is 24.0. The maximum atomic E-state index is 14.2. The molecule has 5 aromatic heterocycles. The lowest BCUT2D eigenvalue weighted by molar-refractivity contribution is 0.00530. The van der Waals surface area contributed by atoms with Crippen molar-refractivity contribution >= 4 is 22.9 Å². The summed E-state index contributed by atoms with van der Waals surface area (Å²) >= 11 is 1.55. The molecule has 0 spiro atoms. The van der Waals surface area contributed by atoms with E-state index in [4.69, 9.17) is 0 Å². The number of rotatable bonds is 6. The van der Waals surface area contributed by atoms with Crippen LogP contribution in [0.3, 0.4) is 0 Å². The minimum Gasteiger partial charge on any atom is -0.342 e. The van der Waals surface area contributed by atoms with Crippen molar-refractivity contribution in [1.29, 1.82) is 0 Å². The molecular weight excluding hydrogens is 466 g/mol.